The topological polar surface area (TPSA) is 18.5 Å². The van der Waals surface area contributed by atoms with Gasteiger partial charge in [-0.25, -0.2) is 0 Å². The largest absolute Gasteiger partial charge is 0.463 e. The van der Waals surface area contributed by atoms with E-state index >= 15 is 0 Å². The molecule has 0 aliphatic heterocycles. The molecule has 0 amide bonds. The average Bonchev–Trinajstić information content (AvgIpc) is 2.11. The fourth-order valence-corrected chi connectivity index (χ4v) is 3.47. The van der Waals surface area contributed by atoms with Crippen molar-refractivity contribution in [2.45, 2.75) is 20.1 Å². The summed E-state index contributed by atoms with van der Waals surface area (Å²) in [7, 11) is 0. The number of halogens is 3. The Labute approximate surface area is 115 Å². The van der Waals surface area contributed by atoms with Crippen molar-refractivity contribution >= 4 is 47.8 Å². The summed E-state index contributed by atoms with van der Waals surface area (Å²) in [5.41, 5.74) is 0. The van der Waals surface area contributed by atoms with Crippen molar-refractivity contribution in [1.82, 2.24) is 0 Å². The standard InChI is InChI=1S/C10H10Br3O2/c1-3-14-6(2)15-10-8(12)4-7(11)5-9(10)13/h3-6H,1-2H3. The van der Waals surface area contributed by atoms with Gasteiger partial charge in [0.2, 0.25) is 0 Å². The van der Waals surface area contributed by atoms with E-state index in [0.717, 1.165) is 19.2 Å². The third-order valence-corrected chi connectivity index (χ3v) is 3.21. The minimum atomic E-state index is -0.316. The quantitative estimate of drug-likeness (QED) is 0.668. The van der Waals surface area contributed by atoms with Crippen LogP contribution in [-0.2, 0) is 4.74 Å². The van der Waals surface area contributed by atoms with Crippen molar-refractivity contribution in [3.8, 4) is 5.75 Å². The van der Waals surface area contributed by atoms with E-state index in [1.165, 1.54) is 0 Å². The summed E-state index contributed by atoms with van der Waals surface area (Å²) in [6, 6.07) is 3.84. The highest BCUT2D eigenvalue weighted by Gasteiger charge is 2.11. The van der Waals surface area contributed by atoms with Crippen LogP contribution in [0.25, 0.3) is 0 Å². The van der Waals surface area contributed by atoms with Crippen LogP contribution in [0, 0.1) is 6.61 Å². The molecule has 0 aliphatic rings. The van der Waals surface area contributed by atoms with Gasteiger partial charge in [-0.1, -0.05) is 15.9 Å². The van der Waals surface area contributed by atoms with Crippen LogP contribution >= 0.6 is 47.8 Å². The Morgan fingerprint density at radius 3 is 2.20 bits per heavy atom. The Kier molecular flexibility index (Phi) is 5.60. The Balaban J connectivity index is 2.85. The summed E-state index contributed by atoms with van der Waals surface area (Å²) < 4.78 is 13.5. The van der Waals surface area contributed by atoms with Crippen molar-refractivity contribution in [3.05, 3.63) is 32.2 Å². The second kappa shape index (κ2) is 6.23. The first-order valence-corrected chi connectivity index (χ1v) is 6.67. The first kappa shape index (κ1) is 13.5. The maximum absolute atomic E-state index is 5.60. The SMILES string of the molecule is C[CH]OC(C)Oc1c(Br)cc(Br)cc1Br. The number of benzene rings is 1. The minimum absolute atomic E-state index is 0.316. The highest BCUT2D eigenvalue weighted by Crippen LogP contribution is 2.37. The molecule has 2 nitrogen and oxygen atoms in total. The number of hydrogen-bond acceptors (Lipinski definition) is 2. The molecule has 0 fully saturated rings. The lowest BCUT2D eigenvalue weighted by molar-refractivity contribution is -0.0344. The minimum Gasteiger partial charge on any atom is -0.463 e. The molecule has 0 spiro atoms. The van der Waals surface area contributed by atoms with Gasteiger partial charge >= 0.3 is 0 Å². The summed E-state index contributed by atoms with van der Waals surface area (Å²) in [5.74, 6) is 0.729. The van der Waals surface area contributed by atoms with Crippen LogP contribution in [0.4, 0.5) is 0 Å². The van der Waals surface area contributed by atoms with Gasteiger partial charge in [-0.2, -0.15) is 0 Å². The van der Waals surface area contributed by atoms with Crippen molar-refractivity contribution in [3.63, 3.8) is 0 Å². The lowest BCUT2D eigenvalue weighted by atomic mass is 10.3. The Bertz CT molecular complexity index is 318. The van der Waals surface area contributed by atoms with Crippen LogP contribution in [-0.4, -0.2) is 6.29 Å². The molecular formula is C10H10Br3O2. The van der Waals surface area contributed by atoms with Gasteiger partial charge < -0.3 is 9.47 Å². The summed E-state index contributed by atoms with van der Waals surface area (Å²) in [5, 5.41) is 0. The molecule has 1 aromatic rings. The molecule has 0 saturated carbocycles. The molecule has 15 heavy (non-hydrogen) atoms. The van der Waals surface area contributed by atoms with Crippen molar-refractivity contribution in [1.29, 1.82) is 0 Å². The van der Waals surface area contributed by atoms with Crippen LogP contribution in [0.3, 0.4) is 0 Å². The molecule has 83 valence electrons. The second-order valence-electron chi connectivity index (χ2n) is 2.76. The first-order chi connectivity index (χ1) is 7.04. The third kappa shape index (κ3) is 4.06. The van der Waals surface area contributed by atoms with Gasteiger partial charge in [0, 0.05) is 4.47 Å². The Morgan fingerprint density at radius 2 is 1.73 bits per heavy atom. The highest BCUT2D eigenvalue weighted by atomic mass is 79.9. The molecule has 0 aliphatic carbocycles. The molecule has 0 aromatic heterocycles. The van der Waals surface area contributed by atoms with E-state index in [0.29, 0.717) is 0 Å². The molecular weight excluding hydrogens is 392 g/mol. The molecule has 0 heterocycles. The average molecular weight is 402 g/mol. The monoisotopic (exact) mass is 399 g/mol. The van der Waals surface area contributed by atoms with Crippen LogP contribution in [0.15, 0.2) is 25.6 Å². The van der Waals surface area contributed by atoms with Crippen molar-refractivity contribution in [2.24, 2.45) is 0 Å². The van der Waals surface area contributed by atoms with Crippen LogP contribution < -0.4 is 4.74 Å². The normalized spacial score (nSPS) is 12.6. The molecule has 1 aromatic carbocycles. The van der Waals surface area contributed by atoms with Crippen molar-refractivity contribution in [2.75, 3.05) is 0 Å². The van der Waals surface area contributed by atoms with E-state index in [9.17, 15) is 0 Å². The third-order valence-electron chi connectivity index (χ3n) is 1.57. The Morgan fingerprint density at radius 1 is 1.20 bits per heavy atom. The van der Waals surface area contributed by atoms with Gasteiger partial charge in [0.05, 0.1) is 15.6 Å². The predicted octanol–water partition coefficient (Wildman–Crippen LogP) is 4.90. The summed E-state index contributed by atoms with van der Waals surface area (Å²) in [6.45, 7) is 5.25. The first-order valence-electron chi connectivity index (χ1n) is 4.29. The van der Waals surface area contributed by atoms with Gasteiger partial charge in [-0.3, -0.25) is 0 Å². The summed E-state index contributed by atoms with van der Waals surface area (Å²) >= 11 is 10.2. The number of hydrogen-bond donors (Lipinski definition) is 0. The van der Waals surface area contributed by atoms with Gasteiger partial charge in [0.1, 0.15) is 0 Å². The molecule has 0 bridgehead atoms. The molecule has 0 saturated heterocycles. The van der Waals surface area contributed by atoms with Crippen LogP contribution in [0.1, 0.15) is 13.8 Å². The van der Waals surface area contributed by atoms with E-state index < -0.39 is 0 Å². The maximum Gasteiger partial charge on any atom is 0.197 e. The molecule has 1 atom stereocenters. The van der Waals surface area contributed by atoms with Gasteiger partial charge in [-0.05, 0) is 57.8 Å². The predicted molar refractivity (Wildman–Crippen MR) is 70.7 cm³/mol. The molecule has 5 heteroatoms. The lowest BCUT2D eigenvalue weighted by Crippen LogP contribution is -2.14. The van der Waals surface area contributed by atoms with Crippen LogP contribution in [0.5, 0.6) is 5.75 Å². The van der Waals surface area contributed by atoms with E-state index in [1.54, 1.807) is 6.61 Å². The smallest absolute Gasteiger partial charge is 0.197 e. The molecule has 1 rings (SSSR count). The van der Waals surface area contributed by atoms with E-state index in [2.05, 4.69) is 47.8 Å². The van der Waals surface area contributed by atoms with E-state index in [-0.39, 0.29) is 6.29 Å². The van der Waals surface area contributed by atoms with E-state index in [4.69, 9.17) is 9.47 Å². The summed E-state index contributed by atoms with van der Waals surface area (Å²) in [4.78, 5) is 0. The maximum atomic E-state index is 5.60. The fraction of sp³-hybridized carbons (Fsp3) is 0.300. The number of ether oxygens (including phenoxy) is 2. The van der Waals surface area contributed by atoms with Gasteiger partial charge in [0.15, 0.2) is 12.0 Å². The molecule has 0 N–H and O–H groups in total. The molecule has 1 radical (unpaired) electrons. The van der Waals surface area contributed by atoms with Gasteiger partial charge in [-0.15, -0.1) is 0 Å². The zero-order chi connectivity index (χ0) is 11.4. The highest BCUT2D eigenvalue weighted by molar-refractivity contribution is 9.11. The van der Waals surface area contributed by atoms with Crippen molar-refractivity contribution < 1.29 is 9.47 Å². The zero-order valence-electron chi connectivity index (χ0n) is 8.26. The molecule has 1 unspecified atom stereocenters. The summed E-state index contributed by atoms with van der Waals surface area (Å²) in [6.07, 6.45) is -0.316. The van der Waals surface area contributed by atoms with Gasteiger partial charge in [0.25, 0.3) is 0 Å². The Hall–Kier alpha value is 0.420. The fourth-order valence-electron chi connectivity index (χ4n) is 1.03. The lowest BCUT2D eigenvalue weighted by Gasteiger charge is -2.16. The second-order valence-corrected chi connectivity index (χ2v) is 5.38. The van der Waals surface area contributed by atoms with E-state index in [1.807, 2.05) is 26.0 Å². The number of rotatable bonds is 4. The van der Waals surface area contributed by atoms with Crippen LogP contribution in [0.2, 0.25) is 0 Å². The zero-order valence-corrected chi connectivity index (χ0v) is 13.0.